The monoisotopic (exact) mass is 286 g/mol. The molecule has 0 aliphatic carbocycles. The Bertz CT molecular complexity index is 678. The smallest absolute Gasteiger partial charge is 0.199 e. The largest absolute Gasteiger partial charge is 0.508 e. The van der Waals surface area contributed by atoms with Gasteiger partial charge in [-0.1, -0.05) is 12.1 Å². The van der Waals surface area contributed by atoms with E-state index in [0.717, 1.165) is 0 Å². The Morgan fingerprint density at radius 1 is 1.14 bits per heavy atom. The first kappa shape index (κ1) is 13.5. The number of carbonyl (C=O) groups is 1. The average Bonchev–Trinajstić information content (AvgIpc) is 2.51. The normalized spacial score (nSPS) is 20.6. The van der Waals surface area contributed by atoms with Crippen molar-refractivity contribution in [2.24, 2.45) is 0 Å². The summed E-state index contributed by atoms with van der Waals surface area (Å²) in [7, 11) is 1.56. The van der Waals surface area contributed by atoms with Gasteiger partial charge in [0.2, 0.25) is 0 Å². The summed E-state index contributed by atoms with van der Waals surface area (Å²) in [5.74, 6) is 0.531. The highest BCUT2D eigenvalue weighted by molar-refractivity contribution is 6.03. The van der Waals surface area contributed by atoms with E-state index in [1.807, 2.05) is 0 Å². The average molecular weight is 286 g/mol. The van der Waals surface area contributed by atoms with Crippen molar-refractivity contribution in [2.45, 2.75) is 12.2 Å². The Hall–Kier alpha value is -2.53. The molecular weight excluding hydrogens is 272 g/mol. The summed E-state index contributed by atoms with van der Waals surface area (Å²) in [6.45, 7) is 0. The van der Waals surface area contributed by atoms with E-state index in [1.54, 1.807) is 31.4 Å². The Balaban J connectivity index is 1.98. The second-order valence-electron chi connectivity index (χ2n) is 4.80. The number of aromatic hydroxyl groups is 1. The third-order valence-electron chi connectivity index (χ3n) is 3.48. The minimum absolute atomic E-state index is 0.00595. The number of rotatable bonds is 2. The predicted octanol–water partition coefficient (Wildman–Crippen LogP) is 2.08. The highest BCUT2D eigenvalue weighted by Gasteiger charge is 2.36. The van der Waals surface area contributed by atoms with Crippen molar-refractivity contribution in [3.05, 3.63) is 53.6 Å². The van der Waals surface area contributed by atoms with Gasteiger partial charge in [-0.25, -0.2) is 0 Å². The molecule has 1 aliphatic heterocycles. The van der Waals surface area contributed by atoms with E-state index in [-0.39, 0.29) is 17.1 Å². The molecule has 2 aromatic carbocycles. The zero-order chi connectivity index (χ0) is 15.0. The molecule has 0 bridgehead atoms. The molecule has 1 aliphatic rings. The lowest BCUT2D eigenvalue weighted by atomic mass is 9.93. The van der Waals surface area contributed by atoms with Crippen LogP contribution in [0.3, 0.4) is 0 Å². The van der Waals surface area contributed by atoms with Crippen molar-refractivity contribution in [1.29, 1.82) is 0 Å². The summed E-state index contributed by atoms with van der Waals surface area (Å²) in [6, 6.07) is 11.1. The van der Waals surface area contributed by atoms with Crippen LogP contribution < -0.4 is 9.47 Å². The highest BCUT2D eigenvalue weighted by Crippen LogP contribution is 2.37. The standard InChI is InChI=1S/C16H14O5/c1-20-11-5-2-9(3-6-11)16-15(19)14(18)12-7-4-10(17)8-13(12)21-16/h2-8,15-17,19H,1H3. The van der Waals surface area contributed by atoms with Gasteiger partial charge in [0.15, 0.2) is 18.0 Å². The van der Waals surface area contributed by atoms with Crippen LogP contribution >= 0.6 is 0 Å². The lowest BCUT2D eigenvalue weighted by Crippen LogP contribution is -2.36. The topological polar surface area (TPSA) is 76.0 Å². The maximum Gasteiger partial charge on any atom is 0.199 e. The Kier molecular flexibility index (Phi) is 3.27. The van der Waals surface area contributed by atoms with Crippen LogP contribution in [-0.4, -0.2) is 29.2 Å². The molecule has 21 heavy (non-hydrogen) atoms. The molecule has 1 heterocycles. The number of carbonyl (C=O) groups excluding carboxylic acids is 1. The molecule has 2 unspecified atom stereocenters. The fourth-order valence-corrected chi connectivity index (χ4v) is 2.35. The predicted molar refractivity (Wildman–Crippen MR) is 74.8 cm³/mol. The van der Waals surface area contributed by atoms with Crippen LogP contribution in [0.5, 0.6) is 17.2 Å². The number of benzene rings is 2. The van der Waals surface area contributed by atoms with Crippen LogP contribution in [-0.2, 0) is 0 Å². The molecule has 5 nitrogen and oxygen atoms in total. The maximum absolute atomic E-state index is 12.2. The van der Waals surface area contributed by atoms with Crippen molar-refractivity contribution in [1.82, 2.24) is 0 Å². The molecule has 0 spiro atoms. The second kappa shape index (κ2) is 5.10. The number of aliphatic hydroxyl groups excluding tert-OH is 1. The molecule has 3 rings (SSSR count). The van der Waals surface area contributed by atoms with Crippen molar-refractivity contribution in [3.8, 4) is 17.2 Å². The molecule has 2 N–H and O–H groups in total. The molecular formula is C16H14O5. The van der Waals surface area contributed by atoms with Crippen LogP contribution in [0.25, 0.3) is 0 Å². The number of ether oxygens (including phenoxy) is 2. The molecule has 108 valence electrons. The summed E-state index contributed by atoms with van der Waals surface area (Å²) in [5.41, 5.74) is 0.927. The van der Waals surface area contributed by atoms with Gasteiger partial charge in [0.05, 0.1) is 12.7 Å². The number of phenolic OH excluding ortho intramolecular Hbond substituents is 1. The number of hydrogen-bond donors (Lipinski definition) is 2. The quantitative estimate of drug-likeness (QED) is 0.884. The fraction of sp³-hybridized carbons (Fsp3) is 0.188. The van der Waals surface area contributed by atoms with E-state index in [2.05, 4.69) is 0 Å². The zero-order valence-electron chi connectivity index (χ0n) is 11.3. The van der Waals surface area contributed by atoms with E-state index in [9.17, 15) is 15.0 Å². The summed E-state index contributed by atoms with van der Waals surface area (Å²) in [6.07, 6.45) is -2.09. The number of ketones is 1. The molecule has 5 heteroatoms. The Morgan fingerprint density at radius 2 is 1.86 bits per heavy atom. The Labute approximate surface area is 121 Å². The molecule has 0 saturated heterocycles. The first-order valence-corrected chi connectivity index (χ1v) is 6.46. The van der Waals surface area contributed by atoms with Crippen molar-refractivity contribution in [3.63, 3.8) is 0 Å². The van der Waals surface area contributed by atoms with Gasteiger partial charge in [0.25, 0.3) is 0 Å². The summed E-state index contributed by atoms with van der Waals surface area (Å²) in [4.78, 5) is 12.2. The van der Waals surface area contributed by atoms with Gasteiger partial charge >= 0.3 is 0 Å². The number of aliphatic hydroxyl groups is 1. The van der Waals surface area contributed by atoms with Crippen LogP contribution in [0.2, 0.25) is 0 Å². The maximum atomic E-state index is 12.2. The van der Waals surface area contributed by atoms with Crippen molar-refractivity contribution >= 4 is 5.78 Å². The molecule has 0 amide bonds. The number of phenols is 1. The minimum Gasteiger partial charge on any atom is -0.508 e. The molecule has 0 fully saturated rings. The van der Waals surface area contributed by atoms with E-state index >= 15 is 0 Å². The van der Waals surface area contributed by atoms with E-state index in [0.29, 0.717) is 11.3 Å². The van der Waals surface area contributed by atoms with Gasteiger partial charge in [-0.15, -0.1) is 0 Å². The number of fused-ring (bicyclic) bond motifs is 1. The molecule has 0 radical (unpaired) electrons. The van der Waals surface area contributed by atoms with E-state index in [4.69, 9.17) is 9.47 Å². The first-order valence-electron chi connectivity index (χ1n) is 6.46. The Morgan fingerprint density at radius 3 is 2.52 bits per heavy atom. The summed E-state index contributed by atoms with van der Waals surface area (Å²) in [5, 5.41) is 19.7. The van der Waals surface area contributed by atoms with Gasteiger partial charge in [-0.3, -0.25) is 4.79 Å². The lowest BCUT2D eigenvalue weighted by molar-refractivity contribution is 0.0215. The summed E-state index contributed by atoms with van der Waals surface area (Å²) >= 11 is 0. The first-order chi connectivity index (χ1) is 10.1. The molecule has 2 atom stereocenters. The van der Waals surface area contributed by atoms with Crippen molar-refractivity contribution in [2.75, 3.05) is 7.11 Å². The van der Waals surface area contributed by atoms with Crippen LogP contribution in [0.4, 0.5) is 0 Å². The van der Waals surface area contributed by atoms with Crippen LogP contribution in [0.1, 0.15) is 22.0 Å². The highest BCUT2D eigenvalue weighted by atomic mass is 16.5. The molecule has 0 saturated carbocycles. The molecule has 0 aromatic heterocycles. The third kappa shape index (κ3) is 2.32. The van der Waals surface area contributed by atoms with Crippen LogP contribution in [0, 0.1) is 0 Å². The number of Topliss-reactive ketones (excluding diaryl/α,β-unsaturated/α-hetero) is 1. The summed E-state index contributed by atoms with van der Waals surface area (Å²) < 4.78 is 10.8. The molecule has 2 aromatic rings. The lowest BCUT2D eigenvalue weighted by Gasteiger charge is -2.29. The van der Waals surface area contributed by atoms with Crippen molar-refractivity contribution < 1.29 is 24.5 Å². The second-order valence-corrected chi connectivity index (χ2v) is 4.80. The van der Waals surface area contributed by atoms with E-state index < -0.39 is 18.0 Å². The zero-order valence-corrected chi connectivity index (χ0v) is 11.3. The van der Waals surface area contributed by atoms with Crippen LogP contribution in [0.15, 0.2) is 42.5 Å². The van der Waals surface area contributed by atoms with E-state index in [1.165, 1.54) is 18.2 Å². The SMILES string of the molecule is COc1ccc(C2Oc3cc(O)ccc3C(=O)C2O)cc1. The number of methoxy groups -OCH3 is 1. The third-order valence-corrected chi connectivity index (χ3v) is 3.48. The van der Waals surface area contributed by atoms with Gasteiger partial charge in [-0.2, -0.15) is 0 Å². The van der Waals surface area contributed by atoms with Gasteiger partial charge < -0.3 is 19.7 Å². The van der Waals surface area contributed by atoms with Gasteiger partial charge in [0, 0.05) is 6.07 Å². The van der Waals surface area contributed by atoms with Gasteiger partial charge in [0.1, 0.15) is 17.2 Å². The minimum atomic E-state index is -1.28. The number of hydrogen-bond acceptors (Lipinski definition) is 5. The van der Waals surface area contributed by atoms with Gasteiger partial charge in [-0.05, 0) is 29.8 Å². The fourth-order valence-electron chi connectivity index (χ4n) is 2.35.